The van der Waals surface area contributed by atoms with E-state index in [-0.39, 0.29) is 24.4 Å². The van der Waals surface area contributed by atoms with Crippen LogP contribution in [0.2, 0.25) is 0 Å². The van der Waals surface area contributed by atoms with Gasteiger partial charge in [0, 0.05) is 23.7 Å². The third-order valence-corrected chi connectivity index (χ3v) is 5.02. The van der Waals surface area contributed by atoms with Crippen molar-refractivity contribution in [2.75, 3.05) is 25.1 Å². The number of anilines is 1. The molecule has 1 heterocycles. The fourth-order valence-electron chi connectivity index (χ4n) is 3.53. The lowest BCUT2D eigenvalue weighted by atomic mass is 9.91. The molecule has 148 valence electrons. The van der Waals surface area contributed by atoms with Crippen LogP contribution >= 0.6 is 0 Å². The van der Waals surface area contributed by atoms with Crippen molar-refractivity contribution in [1.82, 2.24) is 4.90 Å². The van der Waals surface area contributed by atoms with Gasteiger partial charge >= 0.3 is 0 Å². The minimum absolute atomic E-state index is 0.00655. The van der Waals surface area contributed by atoms with Crippen LogP contribution in [0.15, 0.2) is 54.6 Å². The van der Waals surface area contributed by atoms with Gasteiger partial charge in [-0.3, -0.25) is 9.59 Å². The Balaban J connectivity index is 1.91. The van der Waals surface area contributed by atoms with Crippen LogP contribution in [0.4, 0.5) is 5.69 Å². The average Bonchev–Trinajstić information content (AvgIpc) is 2.68. The first kappa shape index (κ1) is 19.9. The molecule has 3 rings (SSSR count). The lowest BCUT2D eigenvalue weighted by Gasteiger charge is -2.43. The Morgan fingerprint density at radius 3 is 2.46 bits per heavy atom. The number of carbonyl (C=O) groups excluding carboxylic acids is 2. The molecule has 2 aromatic rings. The Morgan fingerprint density at radius 2 is 1.82 bits per heavy atom. The van der Waals surface area contributed by atoms with Gasteiger partial charge in [-0.05, 0) is 24.1 Å². The molecule has 1 atom stereocenters. The molecular weight excluding hydrogens is 352 g/mol. The lowest BCUT2D eigenvalue weighted by Crippen LogP contribution is -2.60. The van der Waals surface area contributed by atoms with E-state index in [2.05, 4.69) is 12.1 Å². The van der Waals surface area contributed by atoms with E-state index in [1.54, 1.807) is 16.9 Å². The molecule has 2 aromatic carbocycles. The van der Waals surface area contributed by atoms with E-state index in [0.717, 1.165) is 11.3 Å². The third kappa shape index (κ3) is 4.35. The summed E-state index contributed by atoms with van der Waals surface area (Å²) in [5, 5.41) is 0. The molecule has 1 fully saturated rings. The van der Waals surface area contributed by atoms with Gasteiger partial charge < -0.3 is 14.5 Å². The van der Waals surface area contributed by atoms with Crippen LogP contribution in [0.5, 0.6) is 5.75 Å². The molecule has 1 aliphatic rings. The standard InChI is InChI=1S/C23H28N2O3/c1-23(2,3)22(27)25-16-21(26)24(18-11-8-12-20(14-18)28-4)15-19(25)13-17-9-6-5-7-10-17/h5-12,14,19H,13,15-16H2,1-4H3/t19-/m0/s1. The Hall–Kier alpha value is -2.82. The van der Waals surface area contributed by atoms with Gasteiger partial charge in [0.1, 0.15) is 12.3 Å². The van der Waals surface area contributed by atoms with Gasteiger partial charge in [0.15, 0.2) is 0 Å². The molecular formula is C23H28N2O3. The van der Waals surface area contributed by atoms with Crippen molar-refractivity contribution in [3.05, 3.63) is 60.2 Å². The number of piperazine rings is 1. The van der Waals surface area contributed by atoms with Crippen molar-refractivity contribution < 1.29 is 14.3 Å². The highest BCUT2D eigenvalue weighted by Crippen LogP contribution is 2.28. The van der Waals surface area contributed by atoms with Gasteiger partial charge in [0.05, 0.1) is 13.2 Å². The Labute approximate surface area is 166 Å². The van der Waals surface area contributed by atoms with Gasteiger partial charge in [-0.15, -0.1) is 0 Å². The van der Waals surface area contributed by atoms with Gasteiger partial charge in [-0.1, -0.05) is 57.2 Å². The minimum atomic E-state index is -0.534. The summed E-state index contributed by atoms with van der Waals surface area (Å²) < 4.78 is 5.30. The first-order valence-electron chi connectivity index (χ1n) is 9.59. The zero-order valence-corrected chi connectivity index (χ0v) is 17.0. The topological polar surface area (TPSA) is 49.9 Å². The predicted octanol–water partition coefficient (Wildman–Crippen LogP) is 3.53. The fraction of sp³-hybridized carbons (Fsp3) is 0.391. The van der Waals surface area contributed by atoms with E-state index in [1.807, 2.05) is 63.2 Å². The van der Waals surface area contributed by atoms with E-state index in [4.69, 9.17) is 4.74 Å². The summed E-state index contributed by atoms with van der Waals surface area (Å²) in [6.07, 6.45) is 0.705. The van der Waals surface area contributed by atoms with E-state index in [1.165, 1.54) is 0 Å². The summed E-state index contributed by atoms with van der Waals surface area (Å²) in [7, 11) is 1.61. The number of hydrogen-bond acceptors (Lipinski definition) is 3. The average molecular weight is 380 g/mol. The predicted molar refractivity (Wildman–Crippen MR) is 110 cm³/mol. The maximum Gasteiger partial charge on any atom is 0.246 e. The van der Waals surface area contributed by atoms with Crippen molar-refractivity contribution in [1.29, 1.82) is 0 Å². The lowest BCUT2D eigenvalue weighted by molar-refractivity contribution is -0.146. The summed E-state index contributed by atoms with van der Waals surface area (Å²) in [4.78, 5) is 29.5. The number of hydrogen-bond donors (Lipinski definition) is 0. The summed E-state index contributed by atoms with van der Waals surface area (Å²) in [5.41, 5.74) is 1.41. The molecule has 0 N–H and O–H groups in total. The second-order valence-electron chi connectivity index (χ2n) is 8.23. The number of rotatable bonds is 4. The molecule has 5 nitrogen and oxygen atoms in total. The van der Waals surface area contributed by atoms with Crippen LogP contribution in [0.3, 0.4) is 0 Å². The van der Waals surface area contributed by atoms with E-state index >= 15 is 0 Å². The molecule has 0 spiro atoms. The van der Waals surface area contributed by atoms with Crippen molar-refractivity contribution >= 4 is 17.5 Å². The Bertz CT molecular complexity index is 842. The monoisotopic (exact) mass is 380 g/mol. The molecule has 5 heteroatoms. The first-order chi connectivity index (χ1) is 13.3. The van der Waals surface area contributed by atoms with Gasteiger partial charge in [0.25, 0.3) is 0 Å². The second-order valence-corrected chi connectivity index (χ2v) is 8.23. The molecule has 2 amide bonds. The minimum Gasteiger partial charge on any atom is -0.497 e. The van der Waals surface area contributed by atoms with E-state index < -0.39 is 5.41 Å². The SMILES string of the molecule is COc1cccc(N2C[C@H](Cc3ccccc3)N(C(=O)C(C)(C)C)CC2=O)c1. The van der Waals surface area contributed by atoms with Gasteiger partial charge in [-0.25, -0.2) is 0 Å². The molecule has 0 unspecified atom stereocenters. The highest BCUT2D eigenvalue weighted by molar-refractivity contribution is 5.99. The highest BCUT2D eigenvalue weighted by Gasteiger charge is 2.39. The van der Waals surface area contributed by atoms with Crippen molar-refractivity contribution in [3.8, 4) is 5.75 Å². The largest absolute Gasteiger partial charge is 0.497 e. The molecule has 1 aliphatic heterocycles. The molecule has 0 aromatic heterocycles. The zero-order chi connectivity index (χ0) is 20.3. The molecule has 1 saturated heterocycles. The fourth-order valence-corrected chi connectivity index (χ4v) is 3.53. The number of benzene rings is 2. The first-order valence-corrected chi connectivity index (χ1v) is 9.59. The molecule has 0 aliphatic carbocycles. The van der Waals surface area contributed by atoms with Crippen LogP contribution in [-0.2, 0) is 16.0 Å². The van der Waals surface area contributed by atoms with E-state index in [0.29, 0.717) is 18.7 Å². The number of carbonyl (C=O) groups is 2. The summed E-state index contributed by atoms with van der Waals surface area (Å²) in [6.45, 7) is 6.24. The van der Waals surface area contributed by atoms with Crippen molar-refractivity contribution in [2.45, 2.75) is 33.2 Å². The van der Waals surface area contributed by atoms with Crippen molar-refractivity contribution in [2.24, 2.45) is 5.41 Å². The maximum atomic E-state index is 13.0. The zero-order valence-electron chi connectivity index (χ0n) is 17.0. The number of amides is 2. The Morgan fingerprint density at radius 1 is 1.11 bits per heavy atom. The molecule has 28 heavy (non-hydrogen) atoms. The van der Waals surface area contributed by atoms with E-state index in [9.17, 15) is 9.59 Å². The normalized spacial score (nSPS) is 17.6. The number of nitrogens with zero attached hydrogens (tertiary/aromatic N) is 2. The third-order valence-electron chi connectivity index (χ3n) is 5.02. The number of methoxy groups -OCH3 is 1. The summed E-state index contributed by atoms with van der Waals surface area (Å²) in [5.74, 6) is 0.639. The number of ether oxygens (including phenoxy) is 1. The molecule has 0 bridgehead atoms. The van der Waals surface area contributed by atoms with Crippen LogP contribution in [0, 0.1) is 5.41 Å². The maximum absolute atomic E-state index is 13.0. The Kier molecular flexibility index (Phi) is 5.73. The van der Waals surface area contributed by atoms with Crippen LogP contribution < -0.4 is 9.64 Å². The van der Waals surface area contributed by atoms with Gasteiger partial charge in [0.2, 0.25) is 11.8 Å². The quantitative estimate of drug-likeness (QED) is 0.815. The highest BCUT2D eigenvalue weighted by atomic mass is 16.5. The molecule has 0 radical (unpaired) electrons. The van der Waals surface area contributed by atoms with Gasteiger partial charge in [-0.2, -0.15) is 0 Å². The van der Waals surface area contributed by atoms with Crippen LogP contribution in [0.25, 0.3) is 0 Å². The molecule has 0 saturated carbocycles. The summed E-state index contributed by atoms with van der Waals surface area (Å²) in [6, 6.07) is 17.5. The van der Waals surface area contributed by atoms with Crippen molar-refractivity contribution in [3.63, 3.8) is 0 Å². The summed E-state index contributed by atoms with van der Waals surface area (Å²) >= 11 is 0. The van der Waals surface area contributed by atoms with Crippen LogP contribution in [0.1, 0.15) is 26.3 Å². The van der Waals surface area contributed by atoms with Crippen LogP contribution in [-0.4, -0.2) is 43.0 Å². The smallest absolute Gasteiger partial charge is 0.246 e. The second kappa shape index (κ2) is 8.05.